The highest BCUT2D eigenvalue weighted by molar-refractivity contribution is 5.36. The summed E-state index contributed by atoms with van der Waals surface area (Å²) in [6, 6.07) is 0. The molecule has 0 rings (SSSR count). The standard InChI is InChI=1S/C8H11N.C2H6/c1-4-6-8(5-2)7(3)9;1-2/h4-6H,1-3,9H2;1-2H3/b8-6+;. The molecule has 0 aliphatic carbocycles. The highest BCUT2D eigenvalue weighted by Gasteiger charge is 1.86. The van der Waals surface area contributed by atoms with E-state index in [0.29, 0.717) is 5.70 Å². The van der Waals surface area contributed by atoms with Crippen molar-refractivity contribution in [2.75, 3.05) is 0 Å². The molecule has 11 heavy (non-hydrogen) atoms. The molecular weight excluding hydrogens is 134 g/mol. The van der Waals surface area contributed by atoms with Gasteiger partial charge in [0.1, 0.15) is 0 Å². The molecule has 0 aromatic rings. The van der Waals surface area contributed by atoms with Crippen LogP contribution in [0.15, 0.2) is 49.2 Å². The highest BCUT2D eigenvalue weighted by atomic mass is 14.6. The maximum absolute atomic E-state index is 5.35. The van der Waals surface area contributed by atoms with Crippen LogP contribution in [0.2, 0.25) is 0 Å². The van der Waals surface area contributed by atoms with Crippen molar-refractivity contribution in [3.05, 3.63) is 49.2 Å². The zero-order valence-corrected chi connectivity index (χ0v) is 7.43. The normalized spacial score (nSPS) is 9.09. The van der Waals surface area contributed by atoms with Gasteiger partial charge in [0.25, 0.3) is 0 Å². The van der Waals surface area contributed by atoms with E-state index in [1.54, 1.807) is 18.2 Å². The average Bonchev–Trinajstić information content (AvgIpc) is 2.03. The van der Waals surface area contributed by atoms with E-state index in [2.05, 4.69) is 19.7 Å². The summed E-state index contributed by atoms with van der Waals surface area (Å²) < 4.78 is 0. The monoisotopic (exact) mass is 151 g/mol. The second kappa shape index (κ2) is 8.76. The zero-order chi connectivity index (χ0) is 9.28. The summed E-state index contributed by atoms with van der Waals surface area (Å²) in [7, 11) is 0. The molecule has 0 aromatic heterocycles. The molecule has 2 N–H and O–H groups in total. The Morgan fingerprint density at radius 3 is 1.82 bits per heavy atom. The lowest BCUT2D eigenvalue weighted by atomic mass is 10.2. The molecule has 0 atom stereocenters. The predicted octanol–water partition coefficient (Wildman–Crippen LogP) is 2.78. The van der Waals surface area contributed by atoms with E-state index in [4.69, 9.17) is 5.73 Å². The Bertz CT molecular complexity index is 164. The molecule has 0 aromatic carbocycles. The van der Waals surface area contributed by atoms with Crippen molar-refractivity contribution in [2.24, 2.45) is 5.73 Å². The Balaban J connectivity index is 0. The molecule has 0 saturated carbocycles. The average molecular weight is 151 g/mol. The first-order valence-electron chi connectivity index (χ1n) is 3.62. The fraction of sp³-hybridized carbons (Fsp3) is 0.200. The predicted molar refractivity (Wildman–Crippen MR) is 53.2 cm³/mol. The Hall–Kier alpha value is -1.24. The van der Waals surface area contributed by atoms with E-state index in [9.17, 15) is 0 Å². The third-order valence-corrected chi connectivity index (χ3v) is 0.888. The summed E-state index contributed by atoms with van der Waals surface area (Å²) in [5, 5.41) is 0. The minimum Gasteiger partial charge on any atom is -0.399 e. The van der Waals surface area contributed by atoms with Crippen molar-refractivity contribution < 1.29 is 0 Å². The molecular formula is C10H17N. The highest BCUT2D eigenvalue weighted by Crippen LogP contribution is 2.01. The van der Waals surface area contributed by atoms with Gasteiger partial charge in [-0.15, -0.1) is 0 Å². The van der Waals surface area contributed by atoms with Gasteiger partial charge in [0.05, 0.1) is 0 Å². The Morgan fingerprint density at radius 1 is 1.27 bits per heavy atom. The fourth-order valence-corrected chi connectivity index (χ4v) is 0.433. The second-order valence-corrected chi connectivity index (χ2v) is 1.59. The Kier molecular flexibility index (Phi) is 9.90. The smallest absolute Gasteiger partial charge is 0.0314 e. The van der Waals surface area contributed by atoms with Gasteiger partial charge in [-0.25, -0.2) is 0 Å². The SMILES string of the molecule is C=C/C=C(\C=C)C(=C)N.CC. The van der Waals surface area contributed by atoms with Crippen LogP contribution < -0.4 is 5.73 Å². The van der Waals surface area contributed by atoms with Crippen molar-refractivity contribution in [1.82, 2.24) is 0 Å². The van der Waals surface area contributed by atoms with Gasteiger partial charge in [0, 0.05) is 5.70 Å². The van der Waals surface area contributed by atoms with Gasteiger partial charge in [-0.3, -0.25) is 0 Å². The number of nitrogens with two attached hydrogens (primary N) is 1. The first kappa shape index (κ1) is 12.4. The molecule has 1 heteroatoms. The minimum absolute atomic E-state index is 0.518. The van der Waals surface area contributed by atoms with Crippen molar-refractivity contribution >= 4 is 0 Å². The lowest BCUT2D eigenvalue weighted by Gasteiger charge is -1.95. The summed E-state index contributed by atoms with van der Waals surface area (Å²) in [4.78, 5) is 0. The summed E-state index contributed by atoms with van der Waals surface area (Å²) in [5.74, 6) is 0. The van der Waals surface area contributed by atoms with Crippen LogP contribution in [0.1, 0.15) is 13.8 Å². The molecule has 0 radical (unpaired) electrons. The van der Waals surface area contributed by atoms with E-state index in [1.807, 2.05) is 13.8 Å². The molecule has 0 unspecified atom stereocenters. The second-order valence-electron chi connectivity index (χ2n) is 1.59. The maximum atomic E-state index is 5.35. The van der Waals surface area contributed by atoms with Gasteiger partial charge in [-0.05, 0) is 5.57 Å². The lowest BCUT2D eigenvalue weighted by molar-refractivity contribution is 1.38. The van der Waals surface area contributed by atoms with Gasteiger partial charge in [-0.2, -0.15) is 0 Å². The number of allylic oxidation sites excluding steroid dienone is 3. The molecule has 0 aliphatic rings. The van der Waals surface area contributed by atoms with E-state index in [-0.39, 0.29) is 0 Å². The molecule has 0 bridgehead atoms. The first-order valence-corrected chi connectivity index (χ1v) is 3.62. The largest absolute Gasteiger partial charge is 0.399 e. The zero-order valence-electron chi connectivity index (χ0n) is 7.43. The van der Waals surface area contributed by atoms with Gasteiger partial charge in [0.15, 0.2) is 0 Å². The number of rotatable bonds is 3. The van der Waals surface area contributed by atoms with Crippen LogP contribution >= 0.6 is 0 Å². The number of hydrogen-bond donors (Lipinski definition) is 1. The van der Waals surface area contributed by atoms with Crippen molar-refractivity contribution in [2.45, 2.75) is 13.8 Å². The van der Waals surface area contributed by atoms with Crippen molar-refractivity contribution in [3.8, 4) is 0 Å². The molecule has 0 aliphatic heterocycles. The summed E-state index contributed by atoms with van der Waals surface area (Å²) in [5.41, 5.74) is 6.69. The summed E-state index contributed by atoms with van der Waals surface area (Å²) in [6.45, 7) is 14.6. The van der Waals surface area contributed by atoms with Crippen LogP contribution in [-0.2, 0) is 0 Å². The van der Waals surface area contributed by atoms with Gasteiger partial charge < -0.3 is 5.73 Å². The summed E-state index contributed by atoms with van der Waals surface area (Å²) >= 11 is 0. The van der Waals surface area contributed by atoms with Gasteiger partial charge in [-0.1, -0.05) is 51.8 Å². The van der Waals surface area contributed by atoms with Gasteiger partial charge in [0.2, 0.25) is 0 Å². The molecule has 0 saturated heterocycles. The Labute approximate surface area is 69.6 Å². The molecule has 0 heterocycles. The van der Waals surface area contributed by atoms with Crippen LogP contribution in [0.3, 0.4) is 0 Å². The minimum atomic E-state index is 0.518. The Morgan fingerprint density at radius 2 is 1.73 bits per heavy atom. The first-order chi connectivity index (χ1) is 5.22. The fourth-order valence-electron chi connectivity index (χ4n) is 0.433. The lowest BCUT2D eigenvalue weighted by Crippen LogP contribution is -1.95. The van der Waals surface area contributed by atoms with Gasteiger partial charge >= 0.3 is 0 Å². The molecule has 0 fully saturated rings. The van der Waals surface area contributed by atoms with Crippen LogP contribution in [0.4, 0.5) is 0 Å². The topological polar surface area (TPSA) is 26.0 Å². The van der Waals surface area contributed by atoms with Crippen LogP contribution in [-0.4, -0.2) is 0 Å². The van der Waals surface area contributed by atoms with Crippen LogP contribution in [0, 0.1) is 0 Å². The third-order valence-electron chi connectivity index (χ3n) is 0.888. The summed E-state index contributed by atoms with van der Waals surface area (Å²) in [6.07, 6.45) is 5.05. The maximum Gasteiger partial charge on any atom is 0.0314 e. The third kappa shape index (κ3) is 6.65. The van der Waals surface area contributed by atoms with Crippen LogP contribution in [0.5, 0.6) is 0 Å². The van der Waals surface area contributed by atoms with E-state index < -0.39 is 0 Å². The number of hydrogen-bond acceptors (Lipinski definition) is 1. The molecule has 0 spiro atoms. The quantitative estimate of drug-likeness (QED) is 0.617. The van der Waals surface area contributed by atoms with E-state index >= 15 is 0 Å². The van der Waals surface area contributed by atoms with Crippen molar-refractivity contribution in [1.29, 1.82) is 0 Å². The van der Waals surface area contributed by atoms with E-state index in [1.165, 1.54) is 0 Å². The molecule has 1 nitrogen and oxygen atoms in total. The van der Waals surface area contributed by atoms with Crippen LogP contribution in [0.25, 0.3) is 0 Å². The molecule has 62 valence electrons. The molecule has 0 amide bonds. The van der Waals surface area contributed by atoms with Crippen molar-refractivity contribution in [3.63, 3.8) is 0 Å². The van der Waals surface area contributed by atoms with E-state index in [0.717, 1.165) is 5.57 Å².